The molecule has 1 aromatic rings. The summed E-state index contributed by atoms with van der Waals surface area (Å²) in [5.41, 5.74) is 0.285. The van der Waals surface area contributed by atoms with Gasteiger partial charge in [0, 0.05) is 6.04 Å². The molecule has 6 heteroatoms. The first-order valence-electron chi connectivity index (χ1n) is 5.68. The highest BCUT2D eigenvalue weighted by Crippen LogP contribution is 2.31. The van der Waals surface area contributed by atoms with Crippen molar-refractivity contribution in [3.05, 3.63) is 29.3 Å². The summed E-state index contributed by atoms with van der Waals surface area (Å²) in [5.74, 6) is -0.771. The number of nitrogens with one attached hydrogen (secondary N) is 1. The topological polar surface area (TPSA) is 83.5 Å². The zero-order valence-electron chi connectivity index (χ0n) is 10.2. The van der Waals surface area contributed by atoms with Crippen molar-refractivity contribution in [2.45, 2.75) is 31.2 Å². The smallest absolute Gasteiger partial charge is 0.335 e. The molecule has 98 valence electrons. The number of hydrogen-bond donors (Lipinski definition) is 2. The van der Waals surface area contributed by atoms with Crippen LogP contribution in [0.5, 0.6) is 0 Å². The van der Waals surface area contributed by atoms with E-state index in [4.69, 9.17) is 5.11 Å². The van der Waals surface area contributed by atoms with Gasteiger partial charge < -0.3 is 5.11 Å². The summed E-state index contributed by atoms with van der Waals surface area (Å²) in [7, 11) is -3.63. The van der Waals surface area contributed by atoms with Crippen LogP contribution in [0.3, 0.4) is 0 Å². The van der Waals surface area contributed by atoms with Gasteiger partial charge in [-0.2, -0.15) is 0 Å². The molecule has 1 saturated carbocycles. The van der Waals surface area contributed by atoms with Gasteiger partial charge in [-0.3, -0.25) is 0 Å². The van der Waals surface area contributed by atoms with Gasteiger partial charge in [-0.15, -0.1) is 0 Å². The first-order chi connectivity index (χ1) is 8.33. The van der Waals surface area contributed by atoms with Gasteiger partial charge >= 0.3 is 5.97 Å². The largest absolute Gasteiger partial charge is 0.478 e. The van der Waals surface area contributed by atoms with Crippen LogP contribution in [0.25, 0.3) is 0 Å². The van der Waals surface area contributed by atoms with Crippen molar-refractivity contribution < 1.29 is 18.3 Å². The van der Waals surface area contributed by atoms with Crippen molar-refractivity contribution in [3.63, 3.8) is 0 Å². The first-order valence-corrected chi connectivity index (χ1v) is 7.16. The fourth-order valence-electron chi connectivity index (χ4n) is 1.89. The van der Waals surface area contributed by atoms with Gasteiger partial charge in [0.05, 0.1) is 10.5 Å². The van der Waals surface area contributed by atoms with Crippen LogP contribution in [0.1, 0.15) is 29.3 Å². The van der Waals surface area contributed by atoms with Crippen molar-refractivity contribution in [1.29, 1.82) is 0 Å². The van der Waals surface area contributed by atoms with Crippen LogP contribution in [0, 0.1) is 12.8 Å². The van der Waals surface area contributed by atoms with E-state index in [1.807, 2.05) is 6.92 Å². The lowest BCUT2D eigenvalue weighted by atomic mass is 10.1. The molecule has 0 amide bonds. The maximum absolute atomic E-state index is 12.1. The average molecular weight is 269 g/mol. The van der Waals surface area contributed by atoms with Crippen LogP contribution in [0.4, 0.5) is 0 Å². The summed E-state index contributed by atoms with van der Waals surface area (Å²) in [4.78, 5) is 11.0. The number of aromatic carboxylic acids is 1. The molecule has 5 nitrogen and oxygen atoms in total. The van der Waals surface area contributed by atoms with E-state index in [2.05, 4.69) is 4.72 Å². The highest BCUT2D eigenvalue weighted by atomic mass is 32.2. The third-order valence-electron chi connectivity index (χ3n) is 3.22. The van der Waals surface area contributed by atoms with Gasteiger partial charge in [-0.25, -0.2) is 17.9 Å². The molecule has 1 aliphatic carbocycles. The molecule has 1 fully saturated rings. The summed E-state index contributed by atoms with van der Waals surface area (Å²) in [6.07, 6.45) is 0.830. The Morgan fingerprint density at radius 1 is 1.44 bits per heavy atom. The van der Waals surface area contributed by atoms with E-state index in [-0.39, 0.29) is 22.1 Å². The monoisotopic (exact) mass is 269 g/mol. The maximum Gasteiger partial charge on any atom is 0.335 e. The van der Waals surface area contributed by atoms with E-state index in [9.17, 15) is 13.2 Å². The normalized spacial score (nSPS) is 22.8. The van der Waals surface area contributed by atoms with Gasteiger partial charge in [-0.05, 0) is 37.0 Å². The molecule has 0 radical (unpaired) electrons. The first kappa shape index (κ1) is 13.0. The highest BCUT2D eigenvalue weighted by Gasteiger charge is 2.37. The second kappa shape index (κ2) is 4.37. The molecule has 0 aliphatic heterocycles. The van der Waals surface area contributed by atoms with Crippen LogP contribution in [0.15, 0.2) is 23.1 Å². The average Bonchev–Trinajstić information content (AvgIpc) is 2.92. The van der Waals surface area contributed by atoms with Crippen LogP contribution in [0.2, 0.25) is 0 Å². The Labute approximate surface area is 106 Å². The number of carbonyl (C=O) groups is 1. The van der Waals surface area contributed by atoms with Crippen LogP contribution in [-0.4, -0.2) is 25.5 Å². The molecule has 0 saturated heterocycles. The Hall–Kier alpha value is -1.40. The Bertz CT molecular complexity index is 594. The van der Waals surface area contributed by atoms with Crippen LogP contribution in [-0.2, 0) is 10.0 Å². The number of rotatable bonds is 4. The fourth-order valence-corrected chi connectivity index (χ4v) is 3.51. The molecular weight excluding hydrogens is 254 g/mol. The number of carboxylic acids is 1. The van der Waals surface area contributed by atoms with E-state index in [0.29, 0.717) is 5.92 Å². The highest BCUT2D eigenvalue weighted by molar-refractivity contribution is 7.89. The summed E-state index contributed by atoms with van der Waals surface area (Å²) < 4.78 is 26.8. The molecule has 1 aliphatic rings. The number of sulfonamides is 1. The third kappa shape index (κ3) is 2.39. The molecule has 2 rings (SSSR count). The molecule has 0 bridgehead atoms. The number of carboxylic acid groups (broad SMARTS) is 1. The molecule has 2 atom stereocenters. The Balaban J connectivity index is 2.38. The van der Waals surface area contributed by atoms with Gasteiger partial charge in [0.1, 0.15) is 0 Å². The lowest BCUT2D eigenvalue weighted by Gasteiger charge is -2.10. The molecule has 1 aromatic carbocycles. The molecule has 2 N–H and O–H groups in total. The minimum absolute atomic E-state index is 0.0155. The van der Waals surface area contributed by atoms with E-state index in [1.54, 1.807) is 0 Å². The molecule has 0 heterocycles. The standard InChI is InChI=1S/C12H15NO4S/c1-7-6-10(7)13-18(16,17)11-5-3-4-9(8(11)2)12(14)15/h3-5,7,10,13H,6H2,1-2H3,(H,14,15). The zero-order valence-corrected chi connectivity index (χ0v) is 11.0. The van der Waals surface area contributed by atoms with E-state index in [1.165, 1.54) is 25.1 Å². The molecular formula is C12H15NO4S. The lowest BCUT2D eigenvalue weighted by molar-refractivity contribution is 0.0696. The predicted molar refractivity (Wildman–Crippen MR) is 66.0 cm³/mol. The number of benzene rings is 1. The molecule has 0 aromatic heterocycles. The van der Waals surface area contributed by atoms with Gasteiger partial charge in [0.15, 0.2) is 0 Å². The van der Waals surface area contributed by atoms with Gasteiger partial charge in [0.2, 0.25) is 10.0 Å². The second-order valence-corrected chi connectivity index (χ2v) is 6.36. The lowest BCUT2D eigenvalue weighted by Crippen LogP contribution is -2.27. The fraction of sp³-hybridized carbons (Fsp3) is 0.417. The predicted octanol–water partition coefficient (Wildman–Crippen LogP) is 1.38. The van der Waals surface area contributed by atoms with Crippen molar-refractivity contribution >= 4 is 16.0 Å². The molecule has 0 spiro atoms. The van der Waals surface area contributed by atoms with E-state index in [0.717, 1.165) is 6.42 Å². The van der Waals surface area contributed by atoms with Crippen LogP contribution >= 0.6 is 0 Å². The maximum atomic E-state index is 12.1. The summed E-state index contributed by atoms with van der Waals surface area (Å²) >= 11 is 0. The minimum atomic E-state index is -3.63. The van der Waals surface area contributed by atoms with Crippen molar-refractivity contribution in [2.75, 3.05) is 0 Å². The van der Waals surface area contributed by atoms with Gasteiger partial charge in [-0.1, -0.05) is 13.0 Å². The molecule has 2 unspecified atom stereocenters. The Morgan fingerprint density at radius 2 is 2.06 bits per heavy atom. The quantitative estimate of drug-likeness (QED) is 0.865. The SMILES string of the molecule is Cc1c(C(=O)O)cccc1S(=O)(=O)NC1CC1C. The summed E-state index contributed by atoms with van der Waals surface area (Å²) in [6.45, 7) is 3.47. The van der Waals surface area contributed by atoms with E-state index >= 15 is 0 Å². The van der Waals surface area contributed by atoms with Crippen molar-refractivity contribution in [3.8, 4) is 0 Å². The Morgan fingerprint density at radius 3 is 2.56 bits per heavy atom. The van der Waals surface area contributed by atoms with Crippen molar-refractivity contribution in [1.82, 2.24) is 4.72 Å². The third-order valence-corrected chi connectivity index (χ3v) is 4.85. The van der Waals surface area contributed by atoms with Crippen molar-refractivity contribution in [2.24, 2.45) is 5.92 Å². The van der Waals surface area contributed by atoms with Crippen LogP contribution < -0.4 is 4.72 Å². The van der Waals surface area contributed by atoms with E-state index < -0.39 is 16.0 Å². The molecule has 18 heavy (non-hydrogen) atoms. The number of hydrogen-bond acceptors (Lipinski definition) is 3. The zero-order chi connectivity index (χ0) is 13.5. The van der Waals surface area contributed by atoms with Gasteiger partial charge in [0.25, 0.3) is 0 Å². The second-order valence-electron chi connectivity index (χ2n) is 4.67. The summed E-state index contributed by atoms with van der Waals surface area (Å²) in [6, 6.07) is 4.25. The Kier molecular flexibility index (Phi) is 3.16. The summed E-state index contributed by atoms with van der Waals surface area (Å²) in [5, 5.41) is 8.98. The minimum Gasteiger partial charge on any atom is -0.478 e.